The number of ketones is 1. The fraction of sp³-hybridized carbons (Fsp3) is 0.273. The molecule has 1 N–H and O–H groups in total. The van der Waals surface area contributed by atoms with E-state index in [2.05, 4.69) is 5.32 Å². The number of ether oxygens (including phenoxy) is 1. The molecule has 150 valence electrons. The minimum atomic E-state index is -1.05. The van der Waals surface area contributed by atoms with Gasteiger partial charge in [0.15, 0.2) is 11.9 Å². The number of nitriles is 1. The van der Waals surface area contributed by atoms with Gasteiger partial charge in [0.05, 0.1) is 17.0 Å². The van der Waals surface area contributed by atoms with Crippen LogP contribution in [0.3, 0.4) is 0 Å². The van der Waals surface area contributed by atoms with Crippen molar-refractivity contribution in [1.29, 1.82) is 5.26 Å². The SMILES string of the molecule is Cc1ccc(C)c(C(=O)CCC(=O)O[C@H](C)C(=O)Nc2ccc(C#N)c(Cl)c2)c1. The molecule has 0 aliphatic rings. The molecular weight excluding hydrogens is 392 g/mol. The number of aryl methyl sites for hydroxylation is 2. The maximum atomic E-state index is 12.3. The van der Waals surface area contributed by atoms with Crippen LogP contribution >= 0.6 is 11.6 Å². The van der Waals surface area contributed by atoms with Crippen molar-refractivity contribution in [3.8, 4) is 6.07 Å². The van der Waals surface area contributed by atoms with Crippen molar-refractivity contribution < 1.29 is 19.1 Å². The number of anilines is 1. The van der Waals surface area contributed by atoms with Crippen LogP contribution < -0.4 is 5.32 Å². The van der Waals surface area contributed by atoms with Crippen LogP contribution in [0, 0.1) is 25.2 Å². The van der Waals surface area contributed by atoms with Crippen molar-refractivity contribution in [2.24, 2.45) is 0 Å². The molecule has 0 bridgehead atoms. The molecule has 0 aliphatic heterocycles. The number of hydrogen-bond acceptors (Lipinski definition) is 5. The Bertz CT molecular complexity index is 995. The molecule has 0 fully saturated rings. The molecule has 0 aliphatic carbocycles. The van der Waals surface area contributed by atoms with Crippen LogP contribution in [0.1, 0.15) is 46.8 Å². The summed E-state index contributed by atoms with van der Waals surface area (Å²) in [5.74, 6) is -1.32. The van der Waals surface area contributed by atoms with Gasteiger partial charge >= 0.3 is 5.97 Å². The highest BCUT2D eigenvalue weighted by Gasteiger charge is 2.19. The quantitative estimate of drug-likeness (QED) is 0.538. The van der Waals surface area contributed by atoms with Crippen LogP contribution in [0.4, 0.5) is 5.69 Å². The van der Waals surface area contributed by atoms with Gasteiger partial charge in [0.25, 0.3) is 5.91 Å². The first-order valence-corrected chi connectivity index (χ1v) is 9.39. The molecule has 1 atom stereocenters. The van der Waals surface area contributed by atoms with Crippen LogP contribution in [0.5, 0.6) is 0 Å². The highest BCUT2D eigenvalue weighted by atomic mass is 35.5. The molecule has 0 radical (unpaired) electrons. The number of Topliss-reactive ketones (excluding diaryl/α,β-unsaturated/α-hetero) is 1. The third-order valence-electron chi connectivity index (χ3n) is 4.28. The number of amides is 1. The molecule has 29 heavy (non-hydrogen) atoms. The van der Waals surface area contributed by atoms with E-state index in [1.165, 1.54) is 25.1 Å². The van der Waals surface area contributed by atoms with E-state index in [-0.39, 0.29) is 29.2 Å². The van der Waals surface area contributed by atoms with Gasteiger partial charge in [-0.3, -0.25) is 14.4 Å². The zero-order valence-corrected chi connectivity index (χ0v) is 17.2. The minimum absolute atomic E-state index is 0.00267. The van der Waals surface area contributed by atoms with Gasteiger partial charge in [-0.15, -0.1) is 0 Å². The molecule has 0 heterocycles. The Kier molecular flexibility index (Phi) is 7.52. The molecule has 2 rings (SSSR count). The summed E-state index contributed by atoms with van der Waals surface area (Å²) in [4.78, 5) is 36.6. The van der Waals surface area contributed by atoms with Crippen LogP contribution in [-0.4, -0.2) is 23.8 Å². The van der Waals surface area contributed by atoms with Gasteiger partial charge in [0.1, 0.15) is 6.07 Å². The first-order chi connectivity index (χ1) is 13.7. The van der Waals surface area contributed by atoms with Gasteiger partial charge in [0.2, 0.25) is 0 Å². The predicted molar refractivity (Wildman–Crippen MR) is 110 cm³/mol. The third-order valence-corrected chi connectivity index (χ3v) is 4.60. The Hall–Kier alpha value is -3.17. The fourth-order valence-electron chi connectivity index (χ4n) is 2.62. The van der Waals surface area contributed by atoms with Crippen LogP contribution in [0.2, 0.25) is 5.02 Å². The smallest absolute Gasteiger partial charge is 0.307 e. The van der Waals surface area contributed by atoms with E-state index in [0.717, 1.165) is 11.1 Å². The van der Waals surface area contributed by atoms with Crippen LogP contribution in [0.15, 0.2) is 36.4 Å². The number of hydrogen-bond donors (Lipinski definition) is 1. The summed E-state index contributed by atoms with van der Waals surface area (Å²) in [6.45, 7) is 5.17. The maximum Gasteiger partial charge on any atom is 0.307 e. The van der Waals surface area contributed by atoms with Crippen LogP contribution in [-0.2, 0) is 14.3 Å². The molecule has 0 aromatic heterocycles. The molecule has 0 saturated heterocycles. The first-order valence-electron chi connectivity index (χ1n) is 9.01. The molecule has 2 aromatic rings. The molecule has 1 amide bonds. The Balaban J connectivity index is 1.87. The average Bonchev–Trinajstić information content (AvgIpc) is 2.68. The van der Waals surface area contributed by atoms with Gasteiger partial charge in [0, 0.05) is 17.7 Å². The summed E-state index contributed by atoms with van der Waals surface area (Å²) in [6, 6.07) is 11.9. The van der Waals surface area contributed by atoms with E-state index in [4.69, 9.17) is 21.6 Å². The number of benzene rings is 2. The van der Waals surface area contributed by atoms with E-state index in [1.54, 1.807) is 6.07 Å². The van der Waals surface area contributed by atoms with Crippen molar-refractivity contribution in [2.45, 2.75) is 39.7 Å². The maximum absolute atomic E-state index is 12.3. The van der Waals surface area contributed by atoms with E-state index in [9.17, 15) is 14.4 Å². The molecule has 2 aromatic carbocycles. The monoisotopic (exact) mass is 412 g/mol. The molecule has 0 spiro atoms. The number of carbonyl (C=O) groups is 3. The largest absolute Gasteiger partial charge is 0.453 e. The van der Waals surface area contributed by atoms with Gasteiger partial charge in [-0.1, -0.05) is 29.3 Å². The summed E-state index contributed by atoms with van der Waals surface area (Å²) >= 11 is 5.93. The van der Waals surface area contributed by atoms with Gasteiger partial charge in [-0.25, -0.2) is 0 Å². The topological polar surface area (TPSA) is 96.3 Å². The number of halogens is 1. The summed E-state index contributed by atoms with van der Waals surface area (Å²) in [7, 11) is 0. The Morgan fingerprint density at radius 3 is 2.52 bits per heavy atom. The molecular formula is C22H21ClN2O4. The number of nitrogens with zero attached hydrogens (tertiary/aromatic N) is 1. The second-order valence-electron chi connectivity index (χ2n) is 6.67. The highest BCUT2D eigenvalue weighted by molar-refractivity contribution is 6.32. The number of nitrogens with one attached hydrogen (secondary N) is 1. The predicted octanol–water partition coefficient (Wildman–Crippen LogP) is 4.36. The Morgan fingerprint density at radius 1 is 1.14 bits per heavy atom. The van der Waals surface area contributed by atoms with E-state index >= 15 is 0 Å². The van der Waals surface area contributed by atoms with Crippen molar-refractivity contribution in [3.63, 3.8) is 0 Å². The zero-order valence-electron chi connectivity index (χ0n) is 16.4. The van der Waals surface area contributed by atoms with Gasteiger partial charge in [-0.05, 0) is 50.6 Å². The fourth-order valence-corrected chi connectivity index (χ4v) is 2.85. The Labute approximate surface area is 174 Å². The number of rotatable bonds is 7. The zero-order chi connectivity index (χ0) is 21.6. The lowest BCUT2D eigenvalue weighted by Gasteiger charge is -2.14. The molecule has 0 saturated carbocycles. The second-order valence-corrected chi connectivity index (χ2v) is 7.08. The first kappa shape index (κ1) is 22.1. The summed E-state index contributed by atoms with van der Waals surface area (Å²) in [6.07, 6.45) is -1.16. The van der Waals surface area contributed by atoms with E-state index in [1.807, 2.05) is 32.0 Å². The van der Waals surface area contributed by atoms with Gasteiger partial charge < -0.3 is 10.1 Å². The molecule has 6 nitrogen and oxygen atoms in total. The van der Waals surface area contributed by atoms with Crippen molar-refractivity contribution in [1.82, 2.24) is 0 Å². The van der Waals surface area contributed by atoms with Crippen LogP contribution in [0.25, 0.3) is 0 Å². The third kappa shape index (κ3) is 6.16. The van der Waals surface area contributed by atoms with Crippen molar-refractivity contribution in [3.05, 3.63) is 63.7 Å². The number of carbonyl (C=O) groups excluding carboxylic acids is 3. The minimum Gasteiger partial charge on any atom is -0.453 e. The Morgan fingerprint density at radius 2 is 1.86 bits per heavy atom. The van der Waals surface area contributed by atoms with Crippen molar-refractivity contribution in [2.75, 3.05) is 5.32 Å². The molecule has 7 heteroatoms. The summed E-state index contributed by atoms with van der Waals surface area (Å²) in [5, 5.41) is 11.6. The van der Waals surface area contributed by atoms with E-state index in [0.29, 0.717) is 11.3 Å². The molecule has 0 unspecified atom stereocenters. The van der Waals surface area contributed by atoms with Gasteiger partial charge in [-0.2, -0.15) is 5.26 Å². The number of esters is 1. The summed E-state index contributed by atoms with van der Waals surface area (Å²) < 4.78 is 5.11. The summed E-state index contributed by atoms with van der Waals surface area (Å²) in [5.41, 5.74) is 3.07. The second kappa shape index (κ2) is 9.85. The lowest BCUT2D eigenvalue weighted by molar-refractivity contribution is -0.153. The van der Waals surface area contributed by atoms with Crippen molar-refractivity contribution >= 4 is 34.9 Å². The van der Waals surface area contributed by atoms with E-state index < -0.39 is 18.0 Å². The average molecular weight is 413 g/mol. The lowest BCUT2D eigenvalue weighted by atomic mass is 9.99. The highest BCUT2D eigenvalue weighted by Crippen LogP contribution is 2.20. The normalized spacial score (nSPS) is 11.3. The lowest BCUT2D eigenvalue weighted by Crippen LogP contribution is -2.30. The standard InChI is InChI=1S/C22H21ClN2O4/c1-13-4-5-14(2)18(10-13)20(26)8-9-21(27)29-15(3)22(28)25-17-7-6-16(12-24)19(23)11-17/h4-7,10-11,15H,8-9H2,1-3H3,(H,25,28)/t15-/m1/s1.